The summed E-state index contributed by atoms with van der Waals surface area (Å²) in [6, 6.07) is 5.70. The lowest BCUT2D eigenvalue weighted by Crippen LogP contribution is -2.42. The Morgan fingerprint density at radius 3 is 3.00 bits per heavy atom. The number of aliphatic hydroxyl groups excluding tert-OH is 1. The first kappa shape index (κ1) is 16.5. The number of hydrogen-bond acceptors (Lipinski definition) is 3. The molecule has 0 aliphatic heterocycles. The normalized spacial score (nSPS) is 20.7. The molecule has 1 saturated carbocycles. The van der Waals surface area contributed by atoms with Crippen molar-refractivity contribution in [2.45, 2.75) is 25.4 Å². The average Bonchev–Trinajstić information content (AvgIpc) is 2.88. The largest absolute Gasteiger partial charge is 0.492 e. The standard InChI is InChI=1S/C16H23FN2O3/c1-19(11-12-4-2-7-15(12)20)16(21)18-8-9-22-14-6-3-5-13(17)10-14/h3,5-6,10,12,15,20H,2,4,7-9,11H2,1H3,(H,18,21). The van der Waals surface area contributed by atoms with E-state index in [0.29, 0.717) is 18.8 Å². The zero-order valence-electron chi connectivity index (χ0n) is 12.8. The Bertz CT molecular complexity index is 498. The number of amides is 2. The van der Waals surface area contributed by atoms with Gasteiger partial charge < -0.3 is 20.1 Å². The van der Waals surface area contributed by atoms with E-state index >= 15 is 0 Å². The fourth-order valence-corrected chi connectivity index (χ4v) is 2.68. The van der Waals surface area contributed by atoms with E-state index in [-0.39, 0.29) is 30.5 Å². The fourth-order valence-electron chi connectivity index (χ4n) is 2.68. The van der Waals surface area contributed by atoms with Gasteiger partial charge in [0, 0.05) is 25.6 Å². The summed E-state index contributed by atoms with van der Waals surface area (Å²) >= 11 is 0. The van der Waals surface area contributed by atoms with Gasteiger partial charge >= 0.3 is 6.03 Å². The molecule has 1 aromatic carbocycles. The molecule has 2 N–H and O–H groups in total. The maximum Gasteiger partial charge on any atom is 0.317 e. The molecule has 2 unspecified atom stereocenters. The van der Waals surface area contributed by atoms with Gasteiger partial charge in [-0.25, -0.2) is 9.18 Å². The van der Waals surface area contributed by atoms with Gasteiger partial charge in [0.15, 0.2) is 0 Å². The Balaban J connectivity index is 1.64. The third-order valence-electron chi connectivity index (χ3n) is 3.92. The van der Waals surface area contributed by atoms with Gasteiger partial charge in [0.1, 0.15) is 18.2 Å². The molecule has 0 radical (unpaired) electrons. The molecule has 2 rings (SSSR count). The predicted molar refractivity (Wildman–Crippen MR) is 81.3 cm³/mol. The number of ether oxygens (including phenoxy) is 1. The number of benzene rings is 1. The smallest absolute Gasteiger partial charge is 0.317 e. The van der Waals surface area contributed by atoms with Crippen LogP contribution in [0.3, 0.4) is 0 Å². The molecule has 122 valence electrons. The molecule has 22 heavy (non-hydrogen) atoms. The highest BCUT2D eigenvalue weighted by molar-refractivity contribution is 5.73. The van der Waals surface area contributed by atoms with E-state index in [4.69, 9.17) is 4.74 Å². The van der Waals surface area contributed by atoms with Crippen molar-refractivity contribution in [3.8, 4) is 5.75 Å². The van der Waals surface area contributed by atoms with Crippen LogP contribution >= 0.6 is 0 Å². The Hall–Kier alpha value is -1.82. The topological polar surface area (TPSA) is 61.8 Å². The Labute approximate surface area is 130 Å². The molecule has 5 nitrogen and oxygen atoms in total. The SMILES string of the molecule is CN(CC1CCCC1O)C(=O)NCCOc1cccc(F)c1. The molecule has 6 heteroatoms. The first-order valence-corrected chi connectivity index (χ1v) is 7.61. The van der Waals surface area contributed by atoms with Crippen molar-refractivity contribution in [1.29, 1.82) is 0 Å². The molecular formula is C16H23FN2O3. The maximum atomic E-state index is 13.0. The van der Waals surface area contributed by atoms with Gasteiger partial charge in [-0.15, -0.1) is 0 Å². The second-order valence-electron chi connectivity index (χ2n) is 5.68. The third kappa shape index (κ3) is 4.87. The second-order valence-corrected chi connectivity index (χ2v) is 5.68. The maximum absolute atomic E-state index is 13.0. The van der Waals surface area contributed by atoms with E-state index in [1.54, 1.807) is 24.1 Å². The lowest BCUT2D eigenvalue weighted by Gasteiger charge is -2.23. The molecule has 1 aliphatic rings. The minimum Gasteiger partial charge on any atom is -0.492 e. The Morgan fingerprint density at radius 2 is 2.32 bits per heavy atom. The van der Waals surface area contributed by atoms with Crippen LogP contribution in [0.25, 0.3) is 0 Å². The van der Waals surface area contributed by atoms with Crippen LogP contribution in [0.2, 0.25) is 0 Å². The van der Waals surface area contributed by atoms with Gasteiger partial charge in [0.2, 0.25) is 0 Å². The summed E-state index contributed by atoms with van der Waals surface area (Å²) < 4.78 is 18.3. The van der Waals surface area contributed by atoms with E-state index in [1.807, 2.05) is 0 Å². The average molecular weight is 310 g/mol. The molecule has 2 atom stereocenters. The highest BCUT2D eigenvalue weighted by Gasteiger charge is 2.27. The summed E-state index contributed by atoms with van der Waals surface area (Å²) in [5, 5.41) is 12.5. The van der Waals surface area contributed by atoms with Crippen molar-refractivity contribution in [3.05, 3.63) is 30.1 Å². The molecule has 1 aromatic rings. The first-order valence-electron chi connectivity index (χ1n) is 7.61. The van der Waals surface area contributed by atoms with E-state index in [1.165, 1.54) is 12.1 Å². The Morgan fingerprint density at radius 1 is 1.50 bits per heavy atom. The summed E-state index contributed by atoms with van der Waals surface area (Å²) in [4.78, 5) is 13.5. The molecule has 0 aromatic heterocycles. The van der Waals surface area contributed by atoms with Crippen LogP contribution in [0.15, 0.2) is 24.3 Å². The van der Waals surface area contributed by atoms with Gasteiger partial charge in [-0.3, -0.25) is 0 Å². The van der Waals surface area contributed by atoms with Gasteiger partial charge in [-0.1, -0.05) is 12.5 Å². The van der Waals surface area contributed by atoms with Gasteiger partial charge in [0.05, 0.1) is 12.6 Å². The monoisotopic (exact) mass is 310 g/mol. The van der Waals surface area contributed by atoms with Crippen LogP contribution in [0.4, 0.5) is 9.18 Å². The van der Waals surface area contributed by atoms with Crippen LogP contribution in [0, 0.1) is 11.7 Å². The fraction of sp³-hybridized carbons (Fsp3) is 0.562. The van der Waals surface area contributed by atoms with E-state index < -0.39 is 0 Å². The van der Waals surface area contributed by atoms with Crippen molar-refractivity contribution in [2.75, 3.05) is 26.7 Å². The van der Waals surface area contributed by atoms with Crippen LogP contribution in [-0.4, -0.2) is 48.9 Å². The highest BCUT2D eigenvalue weighted by atomic mass is 19.1. The molecule has 0 saturated heterocycles. The quantitative estimate of drug-likeness (QED) is 0.790. The minimum atomic E-state index is -0.351. The molecule has 2 amide bonds. The molecule has 0 heterocycles. The summed E-state index contributed by atoms with van der Waals surface area (Å²) in [6.07, 6.45) is 2.50. The number of hydrogen-bond donors (Lipinski definition) is 2. The zero-order chi connectivity index (χ0) is 15.9. The van der Waals surface area contributed by atoms with E-state index in [2.05, 4.69) is 5.32 Å². The van der Waals surface area contributed by atoms with Crippen LogP contribution < -0.4 is 10.1 Å². The molecule has 0 bridgehead atoms. The predicted octanol–water partition coefficient (Wildman–Crippen LogP) is 2.01. The molecule has 1 aliphatic carbocycles. The number of nitrogens with one attached hydrogen (secondary N) is 1. The van der Waals surface area contributed by atoms with Crippen LogP contribution in [-0.2, 0) is 0 Å². The van der Waals surface area contributed by atoms with Crippen molar-refractivity contribution >= 4 is 6.03 Å². The summed E-state index contributed by atoms with van der Waals surface area (Å²) in [6.45, 7) is 1.17. The van der Waals surface area contributed by atoms with E-state index in [9.17, 15) is 14.3 Å². The van der Waals surface area contributed by atoms with E-state index in [0.717, 1.165) is 19.3 Å². The van der Waals surface area contributed by atoms with Crippen molar-refractivity contribution < 1.29 is 19.0 Å². The van der Waals surface area contributed by atoms with Crippen LogP contribution in [0.1, 0.15) is 19.3 Å². The number of aliphatic hydroxyl groups is 1. The lowest BCUT2D eigenvalue weighted by atomic mass is 10.1. The first-order chi connectivity index (χ1) is 10.6. The minimum absolute atomic E-state index is 0.166. The van der Waals surface area contributed by atoms with Crippen molar-refractivity contribution in [1.82, 2.24) is 10.2 Å². The van der Waals surface area contributed by atoms with Crippen molar-refractivity contribution in [3.63, 3.8) is 0 Å². The number of halogens is 1. The Kier molecular flexibility index (Phi) is 6.00. The van der Waals surface area contributed by atoms with Crippen LogP contribution in [0.5, 0.6) is 5.75 Å². The zero-order valence-corrected chi connectivity index (χ0v) is 12.8. The molecule has 0 spiro atoms. The van der Waals surface area contributed by atoms with Gasteiger partial charge in [0.25, 0.3) is 0 Å². The van der Waals surface area contributed by atoms with Gasteiger partial charge in [-0.05, 0) is 25.0 Å². The number of nitrogens with zero attached hydrogens (tertiary/aromatic N) is 1. The highest BCUT2D eigenvalue weighted by Crippen LogP contribution is 2.25. The molecule has 1 fully saturated rings. The molecular weight excluding hydrogens is 287 g/mol. The number of urea groups is 1. The third-order valence-corrected chi connectivity index (χ3v) is 3.92. The van der Waals surface area contributed by atoms with Crippen molar-refractivity contribution in [2.24, 2.45) is 5.92 Å². The summed E-state index contributed by atoms with van der Waals surface area (Å²) in [5.41, 5.74) is 0. The second kappa shape index (κ2) is 7.98. The lowest BCUT2D eigenvalue weighted by molar-refractivity contribution is 0.113. The van der Waals surface area contributed by atoms with Gasteiger partial charge in [-0.2, -0.15) is 0 Å². The number of rotatable bonds is 6. The summed E-state index contributed by atoms with van der Waals surface area (Å²) in [5.74, 6) is 0.257. The number of carbonyl (C=O) groups is 1. The summed E-state index contributed by atoms with van der Waals surface area (Å²) in [7, 11) is 1.72. The number of carbonyl (C=O) groups excluding carboxylic acids is 1.